The fourth-order valence-electron chi connectivity index (χ4n) is 2.60. The Labute approximate surface area is 129 Å². The summed E-state index contributed by atoms with van der Waals surface area (Å²) in [6, 6.07) is 4.07. The molecule has 1 saturated heterocycles. The molecule has 1 aliphatic rings. The van der Waals surface area contributed by atoms with Crippen LogP contribution < -0.4 is 11.1 Å². The highest BCUT2D eigenvalue weighted by Gasteiger charge is 2.33. The number of carbonyl (C=O) groups is 1. The van der Waals surface area contributed by atoms with Crippen LogP contribution in [0.3, 0.4) is 0 Å². The zero-order chi connectivity index (χ0) is 15.6. The normalized spacial score (nSPS) is 22.0. The molecule has 0 bridgehead atoms. The highest BCUT2D eigenvalue weighted by atomic mass is 35.5. The lowest BCUT2D eigenvalue weighted by Crippen LogP contribution is -2.53. The van der Waals surface area contributed by atoms with Crippen molar-refractivity contribution in [3.63, 3.8) is 0 Å². The number of nitrogens with two attached hydrogens (primary N) is 1. The number of amides is 1. The molecule has 1 aromatic carbocycles. The molecule has 1 atom stereocenters. The van der Waals surface area contributed by atoms with Gasteiger partial charge < -0.3 is 11.1 Å². The van der Waals surface area contributed by atoms with Gasteiger partial charge in [-0.2, -0.15) is 0 Å². The van der Waals surface area contributed by atoms with E-state index in [1.807, 2.05) is 0 Å². The van der Waals surface area contributed by atoms with E-state index in [2.05, 4.69) is 24.1 Å². The molecular weight excluding hydrogens is 293 g/mol. The first-order chi connectivity index (χ1) is 9.78. The summed E-state index contributed by atoms with van der Waals surface area (Å²) < 4.78 is 13.0. The molecule has 1 aliphatic heterocycles. The Morgan fingerprint density at radius 1 is 1.57 bits per heavy atom. The smallest absolute Gasteiger partial charge is 0.238 e. The Bertz CT molecular complexity index is 536. The average Bonchev–Trinajstić information content (AvgIpc) is 2.37. The van der Waals surface area contributed by atoms with Gasteiger partial charge in [0.15, 0.2) is 0 Å². The van der Waals surface area contributed by atoms with Gasteiger partial charge in [0, 0.05) is 19.1 Å². The predicted molar refractivity (Wildman–Crippen MR) is 82.9 cm³/mol. The van der Waals surface area contributed by atoms with Crippen molar-refractivity contribution in [1.82, 2.24) is 4.90 Å². The third-order valence-electron chi connectivity index (χ3n) is 3.96. The van der Waals surface area contributed by atoms with E-state index >= 15 is 0 Å². The number of hydrogen-bond donors (Lipinski definition) is 2. The highest BCUT2D eigenvalue weighted by molar-refractivity contribution is 6.33. The Morgan fingerprint density at radius 3 is 2.90 bits per heavy atom. The predicted octanol–water partition coefficient (Wildman–Crippen LogP) is 2.48. The lowest BCUT2D eigenvalue weighted by molar-refractivity contribution is -0.118. The van der Waals surface area contributed by atoms with E-state index in [-0.39, 0.29) is 28.9 Å². The van der Waals surface area contributed by atoms with E-state index < -0.39 is 5.82 Å². The molecule has 1 unspecified atom stereocenters. The fraction of sp³-hybridized carbons (Fsp3) is 0.533. The summed E-state index contributed by atoms with van der Waals surface area (Å²) in [7, 11) is 0. The van der Waals surface area contributed by atoms with E-state index in [0.29, 0.717) is 5.69 Å². The molecule has 1 fully saturated rings. The van der Waals surface area contributed by atoms with Crippen LogP contribution in [-0.4, -0.2) is 36.5 Å². The van der Waals surface area contributed by atoms with Gasteiger partial charge in [-0.25, -0.2) is 4.39 Å². The Kier molecular flexibility index (Phi) is 4.86. The minimum Gasteiger partial charge on any atom is -0.327 e. The van der Waals surface area contributed by atoms with Crippen molar-refractivity contribution in [2.45, 2.75) is 26.3 Å². The van der Waals surface area contributed by atoms with Crippen molar-refractivity contribution < 1.29 is 9.18 Å². The topological polar surface area (TPSA) is 58.4 Å². The third kappa shape index (κ3) is 4.15. The quantitative estimate of drug-likeness (QED) is 0.901. The molecule has 1 heterocycles. The minimum atomic E-state index is -0.426. The minimum absolute atomic E-state index is 0.00789. The second-order valence-electron chi connectivity index (χ2n) is 6.27. The van der Waals surface area contributed by atoms with Crippen LogP contribution in [0, 0.1) is 11.2 Å². The molecule has 6 heteroatoms. The number of halogens is 2. The number of likely N-dealkylation sites (tertiary alicyclic amines) is 1. The van der Waals surface area contributed by atoms with Gasteiger partial charge in [-0.05, 0) is 30.0 Å². The zero-order valence-electron chi connectivity index (χ0n) is 12.3. The molecule has 116 valence electrons. The first-order valence-corrected chi connectivity index (χ1v) is 7.38. The number of benzene rings is 1. The molecule has 0 aromatic heterocycles. The molecular formula is C15H21ClFN3O. The van der Waals surface area contributed by atoms with E-state index in [0.717, 1.165) is 19.5 Å². The van der Waals surface area contributed by atoms with Crippen LogP contribution in [0.5, 0.6) is 0 Å². The summed E-state index contributed by atoms with van der Waals surface area (Å²) in [6.45, 7) is 6.08. The van der Waals surface area contributed by atoms with Gasteiger partial charge in [0.1, 0.15) is 5.82 Å². The van der Waals surface area contributed by atoms with Gasteiger partial charge in [0.25, 0.3) is 0 Å². The van der Waals surface area contributed by atoms with Crippen LogP contribution >= 0.6 is 11.6 Å². The average molecular weight is 314 g/mol. The first kappa shape index (κ1) is 16.2. The van der Waals surface area contributed by atoms with Gasteiger partial charge in [-0.1, -0.05) is 25.4 Å². The van der Waals surface area contributed by atoms with Crippen LogP contribution in [0.15, 0.2) is 18.2 Å². The van der Waals surface area contributed by atoms with Gasteiger partial charge >= 0.3 is 0 Å². The molecule has 21 heavy (non-hydrogen) atoms. The molecule has 0 radical (unpaired) electrons. The van der Waals surface area contributed by atoms with E-state index in [9.17, 15) is 9.18 Å². The van der Waals surface area contributed by atoms with Crippen molar-refractivity contribution in [2.75, 3.05) is 25.0 Å². The Morgan fingerprint density at radius 2 is 2.29 bits per heavy atom. The number of carbonyl (C=O) groups excluding carboxylic acids is 1. The zero-order valence-corrected chi connectivity index (χ0v) is 13.1. The van der Waals surface area contributed by atoms with E-state index in [1.54, 1.807) is 0 Å². The van der Waals surface area contributed by atoms with Crippen molar-refractivity contribution >= 4 is 23.2 Å². The highest BCUT2D eigenvalue weighted by Crippen LogP contribution is 2.27. The molecule has 0 spiro atoms. The standard InChI is InChI=1S/C15H21ClFN3O/c1-15(2)9-20(6-5-13(15)18)8-14(21)19-12-4-3-10(17)7-11(12)16/h3-4,7,13H,5-6,8-9,18H2,1-2H3,(H,19,21). The maximum Gasteiger partial charge on any atom is 0.238 e. The number of hydrogen-bond acceptors (Lipinski definition) is 3. The number of rotatable bonds is 3. The van der Waals surface area contributed by atoms with Crippen molar-refractivity contribution in [1.29, 1.82) is 0 Å². The summed E-state index contributed by atoms with van der Waals surface area (Å²) in [4.78, 5) is 14.2. The number of piperidine rings is 1. The molecule has 3 N–H and O–H groups in total. The van der Waals surface area contributed by atoms with Crippen molar-refractivity contribution in [3.05, 3.63) is 29.0 Å². The monoisotopic (exact) mass is 313 g/mol. The third-order valence-corrected chi connectivity index (χ3v) is 4.28. The molecule has 0 saturated carbocycles. The second-order valence-corrected chi connectivity index (χ2v) is 6.67. The molecule has 1 amide bonds. The molecule has 0 aliphatic carbocycles. The van der Waals surface area contributed by atoms with Gasteiger partial charge in [-0.3, -0.25) is 9.69 Å². The summed E-state index contributed by atoms with van der Waals surface area (Å²) in [5.41, 5.74) is 6.50. The lowest BCUT2D eigenvalue weighted by atomic mass is 9.80. The van der Waals surface area contributed by atoms with Gasteiger partial charge in [0.2, 0.25) is 5.91 Å². The number of anilines is 1. The summed E-state index contributed by atoms with van der Waals surface area (Å²) in [6.07, 6.45) is 0.873. The Balaban J connectivity index is 1.93. The van der Waals surface area contributed by atoms with Crippen molar-refractivity contribution in [2.24, 2.45) is 11.1 Å². The van der Waals surface area contributed by atoms with E-state index in [1.165, 1.54) is 18.2 Å². The molecule has 1 aromatic rings. The van der Waals surface area contributed by atoms with Gasteiger partial charge in [0.05, 0.1) is 17.3 Å². The van der Waals surface area contributed by atoms with Crippen molar-refractivity contribution in [3.8, 4) is 0 Å². The largest absolute Gasteiger partial charge is 0.327 e. The summed E-state index contributed by atoms with van der Waals surface area (Å²) >= 11 is 5.90. The maximum atomic E-state index is 13.0. The van der Waals surface area contributed by atoms with Crippen LogP contribution in [0.2, 0.25) is 5.02 Å². The maximum absolute atomic E-state index is 13.0. The molecule has 4 nitrogen and oxygen atoms in total. The van der Waals surface area contributed by atoms with Crippen LogP contribution in [0.25, 0.3) is 0 Å². The SMILES string of the molecule is CC1(C)CN(CC(=O)Nc2ccc(F)cc2Cl)CCC1N. The summed E-state index contributed by atoms with van der Waals surface area (Å²) in [5, 5.41) is 2.91. The van der Waals surface area contributed by atoms with Crippen LogP contribution in [0.4, 0.5) is 10.1 Å². The number of nitrogens with one attached hydrogen (secondary N) is 1. The number of nitrogens with zero attached hydrogens (tertiary/aromatic N) is 1. The van der Waals surface area contributed by atoms with Crippen LogP contribution in [-0.2, 0) is 4.79 Å². The summed E-state index contributed by atoms with van der Waals surface area (Å²) in [5.74, 6) is -0.584. The lowest BCUT2D eigenvalue weighted by Gasteiger charge is -2.42. The van der Waals surface area contributed by atoms with Gasteiger partial charge in [-0.15, -0.1) is 0 Å². The Hall–Kier alpha value is -1.17. The first-order valence-electron chi connectivity index (χ1n) is 7.01. The van der Waals surface area contributed by atoms with E-state index in [4.69, 9.17) is 17.3 Å². The molecule has 2 rings (SSSR count). The van der Waals surface area contributed by atoms with Crippen LogP contribution in [0.1, 0.15) is 20.3 Å². The fourth-order valence-corrected chi connectivity index (χ4v) is 2.82. The second kappa shape index (κ2) is 6.30.